The number of carbonyl (C=O) groups excluding carboxylic acids is 1. The van der Waals surface area contributed by atoms with Crippen LogP contribution in [0.15, 0.2) is 60.7 Å². The maximum atomic E-state index is 12.7. The van der Waals surface area contributed by atoms with Gasteiger partial charge in [0.2, 0.25) is 0 Å². The molecule has 0 aliphatic heterocycles. The SMILES string of the molecule is COC(=O)C1(CC(C#N)NC(C)(c2ccccc2)c2ccccc2)CCCCC1. The number of rotatable bonds is 7. The first-order valence-electron chi connectivity index (χ1n) is 10.4. The zero-order chi connectivity index (χ0) is 20.7. The van der Waals surface area contributed by atoms with Crippen LogP contribution in [0, 0.1) is 16.7 Å². The molecule has 2 aromatic carbocycles. The van der Waals surface area contributed by atoms with Crippen molar-refractivity contribution in [2.45, 2.75) is 57.0 Å². The molecule has 1 saturated carbocycles. The molecule has 4 nitrogen and oxygen atoms in total. The quantitative estimate of drug-likeness (QED) is 0.680. The molecule has 0 bridgehead atoms. The molecule has 4 heteroatoms. The van der Waals surface area contributed by atoms with E-state index >= 15 is 0 Å². The lowest BCUT2D eigenvalue weighted by atomic mass is 9.70. The number of hydrogen-bond acceptors (Lipinski definition) is 4. The zero-order valence-corrected chi connectivity index (χ0v) is 17.4. The summed E-state index contributed by atoms with van der Waals surface area (Å²) in [6.07, 6.45) is 5.17. The molecule has 1 aliphatic rings. The van der Waals surface area contributed by atoms with Gasteiger partial charge < -0.3 is 4.74 Å². The van der Waals surface area contributed by atoms with Gasteiger partial charge in [-0.05, 0) is 37.3 Å². The summed E-state index contributed by atoms with van der Waals surface area (Å²) < 4.78 is 5.16. The van der Waals surface area contributed by atoms with Crippen molar-refractivity contribution < 1.29 is 9.53 Å². The number of nitriles is 1. The summed E-state index contributed by atoms with van der Waals surface area (Å²) in [5.74, 6) is -0.180. The van der Waals surface area contributed by atoms with Gasteiger partial charge in [-0.25, -0.2) is 0 Å². The van der Waals surface area contributed by atoms with E-state index in [0.717, 1.165) is 43.2 Å². The lowest BCUT2D eigenvalue weighted by Gasteiger charge is -2.39. The van der Waals surface area contributed by atoms with Gasteiger partial charge in [0.1, 0.15) is 0 Å². The summed E-state index contributed by atoms with van der Waals surface area (Å²) in [6, 6.07) is 22.3. The Morgan fingerprint density at radius 2 is 1.59 bits per heavy atom. The second kappa shape index (κ2) is 9.24. The highest BCUT2D eigenvalue weighted by molar-refractivity contribution is 5.77. The van der Waals surface area contributed by atoms with E-state index in [-0.39, 0.29) is 5.97 Å². The van der Waals surface area contributed by atoms with Gasteiger partial charge in [0, 0.05) is 0 Å². The molecule has 152 valence electrons. The average Bonchev–Trinajstić information content (AvgIpc) is 2.79. The normalized spacial score (nSPS) is 17.1. The van der Waals surface area contributed by atoms with Crippen LogP contribution in [0.2, 0.25) is 0 Å². The lowest BCUT2D eigenvalue weighted by molar-refractivity contribution is -0.155. The van der Waals surface area contributed by atoms with Crippen LogP contribution in [0.4, 0.5) is 0 Å². The molecule has 0 spiro atoms. The Hall–Kier alpha value is -2.64. The molecule has 0 heterocycles. The molecule has 1 N–H and O–H groups in total. The molecule has 0 radical (unpaired) electrons. The van der Waals surface area contributed by atoms with Gasteiger partial charge in [-0.3, -0.25) is 10.1 Å². The van der Waals surface area contributed by atoms with Crippen LogP contribution in [-0.4, -0.2) is 19.1 Å². The van der Waals surface area contributed by atoms with E-state index < -0.39 is 17.0 Å². The van der Waals surface area contributed by atoms with Crippen LogP contribution in [0.1, 0.15) is 56.6 Å². The Morgan fingerprint density at radius 3 is 2.03 bits per heavy atom. The first kappa shape index (κ1) is 21.1. The molecular formula is C25H30N2O2. The second-order valence-electron chi connectivity index (χ2n) is 8.22. The third-order valence-electron chi connectivity index (χ3n) is 6.34. The minimum absolute atomic E-state index is 0.180. The van der Waals surface area contributed by atoms with E-state index in [1.54, 1.807) is 0 Å². The highest BCUT2D eigenvalue weighted by atomic mass is 16.5. The largest absolute Gasteiger partial charge is 0.469 e. The predicted octanol–water partition coefficient (Wildman–Crippen LogP) is 4.95. The van der Waals surface area contributed by atoms with Crippen molar-refractivity contribution in [3.05, 3.63) is 71.8 Å². The van der Waals surface area contributed by atoms with Crippen molar-refractivity contribution in [3.8, 4) is 6.07 Å². The van der Waals surface area contributed by atoms with E-state index in [1.165, 1.54) is 7.11 Å². The standard InChI is InChI=1S/C25H30N2O2/c1-24(20-12-6-3-7-13-20,21-14-8-4-9-15-21)27-22(19-26)18-25(23(28)29-2)16-10-5-11-17-25/h3-4,6-9,12-15,22,27H,5,10-11,16-18H2,1-2H3. The second-order valence-corrected chi connectivity index (χ2v) is 8.22. The first-order valence-corrected chi connectivity index (χ1v) is 10.4. The van der Waals surface area contributed by atoms with Crippen LogP contribution >= 0.6 is 0 Å². The number of hydrogen-bond donors (Lipinski definition) is 1. The van der Waals surface area contributed by atoms with Gasteiger partial charge in [0.25, 0.3) is 0 Å². The highest BCUT2D eigenvalue weighted by Gasteiger charge is 2.44. The molecule has 1 fully saturated rings. The molecule has 0 saturated heterocycles. The number of nitrogens with one attached hydrogen (secondary N) is 1. The number of esters is 1. The number of ether oxygens (including phenoxy) is 1. The fourth-order valence-corrected chi connectivity index (χ4v) is 4.68. The molecular weight excluding hydrogens is 360 g/mol. The van der Waals surface area contributed by atoms with Crippen LogP contribution in [-0.2, 0) is 15.1 Å². The van der Waals surface area contributed by atoms with Crippen LogP contribution in [0.25, 0.3) is 0 Å². The molecule has 0 amide bonds. The van der Waals surface area contributed by atoms with Gasteiger partial charge in [0.15, 0.2) is 0 Å². The van der Waals surface area contributed by atoms with Crippen molar-refractivity contribution in [1.82, 2.24) is 5.32 Å². The molecule has 1 atom stereocenters. The fourth-order valence-electron chi connectivity index (χ4n) is 4.68. The molecule has 3 rings (SSSR count). The molecule has 1 unspecified atom stereocenters. The Balaban J connectivity index is 1.93. The third kappa shape index (κ3) is 4.52. The Morgan fingerprint density at radius 1 is 1.07 bits per heavy atom. The van der Waals surface area contributed by atoms with Crippen molar-refractivity contribution in [3.63, 3.8) is 0 Å². The number of carbonyl (C=O) groups is 1. The average molecular weight is 391 g/mol. The Bertz CT molecular complexity index is 797. The molecule has 0 aromatic heterocycles. The minimum Gasteiger partial charge on any atom is -0.469 e. The summed E-state index contributed by atoms with van der Waals surface area (Å²) in [6.45, 7) is 2.10. The Labute approximate surface area is 173 Å². The van der Waals surface area contributed by atoms with Gasteiger partial charge in [-0.2, -0.15) is 5.26 Å². The van der Waals surface area contributed by atoms with Crippen LogP contribution in [0.3, 0.4) is 0 Å². The van der Waals surface area contributed by atoms with E-state index in [2.05, 4.69) is 42.6 Å². The van der Waals surface area contributed by atoms with E-state index in [9.17, 15) is 10.1 Å². The highest BCUT2D eigenvalue weighted by Crippen LogP contribution is 2.42. The molecule has 29 heavy (non-hydrogen) atoms. The monoisotopic (exact) mass is 390 g/mol. The molecule has 1 aliphatic carbocycles. The number of nitrogens with zero attached hydrogens (tertiary/aromatic N) is 1. The van der Waals surface area contributed by atoms with E-state index in [0.29, 0.717) is 6.42 Å². The van der Waals surface area contributed by atoms with Crippen molar-refractivity contribution in [2.75, 3.05) is 7.11 Å². The smallest absolute Gasteiger partial charge is 0.311 e. The van der Waals surface area contributed by atoms with Crippen molar-refractivity contribution in [1.29, 1.82) is 5.26 Å². The summed E-state index contributed by atoms with van der Waals surface area (Å²) in [5.41, 5.74) is 1.05. The third-order valence-corrected chi connectivity index (χ3v) is 6.34. The fraction of sp³-hybridized carbons (Fsp3) is 0.440. The predicted molar refractivity (Wildman–Crippen MR) is 114 cm³/mol. The van der Waals surface area contributed by atoms with Gasteiger partial charge in [-0.15, -0.1) is 0 Å². The van der Waals surface area contributed by atoms with Crippen LogP contribution < -0.4 is 5.32 Å². The zero-order valence-electron chi connectivity index (χ0n) is 17.4. The summed E-state index contributed by atoms with van der Waals surface area (Å²) in [7, 11) is 1.45. The lowest BCUT2D eigenvalue weighted by Crippen LogP contribution is -2.49. The summed E-state index contributed by atoms with van der Waals surface area (Å²) >= 11 is 0. The van der Waals surface area contributed by atoms with E-state index in [4.69, 9.17) is 4.74 Å². The van der Waals surface area contributed by atoms with Gasteiger partial charge in [-0.1, -0.05) is 79.9 Å². The van der Waals surface area contributed by atoms with Crippen molar-refractivity contribution >= 4 is 5.97 Å². The summed E-state index contributed by atoms with van der Waals surface area (Å²) in [5, 5.41) is 13.6. The van der Waals surface area contributed by atoms with Gasteiger partial charge in [0.05, 0.1) is 30.2 Å². The Kier molecular flexibility index (Phi) is 6.71. The summed E-state index contributed by atoms with van der Waals surface area (Å²) in [4.78, 5) is 12.7. The molecule has 2 aromatic rings. The van der Waals surface area contributed by atoms with Crippen LogP contribution in [0.5, 0.6) is 0 Å². The van der Waals surface area contributed by atoms with Gasteiger partial charge >= 0.3 is 5.97 Å². The first-order chi connectivity index (χ1) is 14.0. The minimum atomic E-state index is -0.575. The topological polar surface area (TPSA) is 62.1 Å². The maximum Gasteiger partial charge on any atom is 0.311 e. The van der Waals surface area contributed by atoms with E-state index in [1.807, 2.05) is 36.4 Å². The maximum absolute atomic E-state index is 12.7. The number of benzene rings is 2. The number of methoxy groups -OCH3 is 1. The van der Waals surface area contributed by atoms with Crippen molar-refractivity contribution in [2.24, 2.45) is 5.41 Å².